The third-order valence-corrected chi connectivity index (χ3v) is 6.40. The Morgan fingerprint density at radius 2 is 1.75 bits per heavy atom. The lowest BCUT2D eigenvalue weighted by Crippen LogP contribution is -2.50. The van der Waals surface area contributed by atoms with Crippen molar-refractivity contribution in [2.45, 2.75) is 17.7 Å². The second-order valence-corrected chi connectivity index (χ2v) is 8.07. The van der Waals surface area contributed by atoms with Crippen molar-refractivity contribution >= 4 is 21.8 Å². The molecular weight excluding hydrogens is 332 g/mol. The van der Waals surface area contributed by atoms with Gasteiger partial charge in [0.05, 0.1) is 17.8 Å². The van der Waals surface area contributed by atoms with E-state index in [2.05, 4.69) is 4.74 Å². The monoisotopic (exact) mass is 352 g/mol. The first-order valence-corrected chi connectivity index (χ1v) is 9.55. The van der Waals surface area contributed by atoms with E-state index in [0.717, 1.165) is 5.56 Å². The summed E-state index contributed by atoms with van der Waals surface area (Å²) in [5.74, 6) is 0.0354. The second-order valence-electron chi connectivity index (χ2n) is 5.99. The van der Waals surface area contributed by atoms with Crippen LogP contribution in [0.1, 0.15) is 22.3 Å². The van der Waals surface area contributed by atoms with Crippen molar-refractivity contribution in [3.05, 3.63) is 29.3 Å². The van der Waals surface area contributed by atoms with Crippen LogP contribution in [0.3, 0.4) is 0 Å². The topological polar surface area (TPSA) is 84.0 Å². The van der Waals surface area contributed by atoms with Gasteiger partial charge in [-0.25, -0.2) is 13.2 Å². The number of nitrogens with zero attached hydrogens (tertiary/aromatic N) is 2. The van der Waals surface area contributed by atoms with Crippen molar-refractivity contribution < 1.29 is 22.7 Å². The van der Waals surface area contributed by atoms with Crippen molar-refractivity contribution in [2.75, 3.05) is 39.0 Å². The Balaban J connectivity index is 1.74. The fourth-order valence-corrected chi connectivity index (χ4v) is 4.76. The van der Waals surface area contributed by atoms with Crippen molar-refractivity contribution in [1.82, 2.24) is 9.80 Å². The molecule has 0 bridgehead atoms. The summed E-state index contributed by atoms with van der Waals surface area (Å²) >= 11 is 0. The van der Waals surface area contributed by atoms with Crippen molar-refractivity contribution in [1.29, 1.82) is 0 Å². The average molecular weight is 352 g/mol. The number of methoxy groups -OCH3 is 1. The van der Waals surface area contributed by atoms with E-state index >= 15 is 0 Å². The lowest BCUT2D eigenvalue weighted by molar-refractivity contribution is 0.0599. The number of carbonyl (C=O) groups excluding carboxylic acids is 2. The van der Waals surface area contributed by atoms with E-state index in [0.29, 0.717) is 49.5 Å². The summed E-state index contributed by atoms with van der Waals surface area (Å²) in [7, 11) is -1.88. The van der Waals surface area contributed by atoms with Crippen LogP contribution in [0.15, 0.2) is 23.1 Å². The Bertz CT molecular complexity index is 767. The third-order valence-electron chi connectivity index (χ3n) is 4.50. The molecule has 0 spiro atoms. The molecule has 0 aliphatic carbocycles. The molecule has 0 aromatic heterocycles. The molecule has 0 radical (unpaired) electrons. The van der Waals surface area contributed by atoms with E-state index < -0.39 is 9.84 Å². The Morgan fingerprint density at radius 3 is 2.42 bits per heavy atom. The number of piperazine rings is 1. The van der Waals surface area contributed by atoms with Gasteiger partial charge in [-0.3, -0.25) is 4.79 Å². The Morgan fingerprint density at radius 1 is 1.08 bits per heavy atom. The van der Waals surface area contributed by atoms with Gasteiger partial charge in [-0.15, -0.1) is 0 Å². The van der Waals surface area contributed by atoms with E-state index in [1.165, 1.54) is 7.11 Å². The molecule has 2 heterocycles. The number of hydrogen-bond donors (Lipinski definition) is 0. The standard InChI is InChI=1S/C16H20N2O5S/c1-23-16(20)18-8-6-17(7-9-18)15(19)13-4-5-14-12(11-13)3-2-10-24(14,21)22/h4-5,11H,2-3,6-10H2,1H3. The van der Waals surface area contributed by atoms with Crippen LogP contribution in [-0.2, 0) is 21.0 Å². The summed E-state index contributed by atoms with van der Waals surface area (Å²) in [5.41, 5.74) is 1.22. The summed E-state index contributed by atoms with van der Waals surface area (Å²) in [6.07, 6.45) is 0.873. The minimum Gasteiger partial charge on any atom is -0.453 e. The van der Waals surface area contributed by atoms with Gasteiger partial charge in [-0.2, -0.15) is 0 Å². The summed E-state index contributed by atoms with van der Waals surface area (Å²) in [6.45, 7) is 1.72. The molecule has 130 valence electrons. The van der Waals surface area contributed by atoms with Gasteiger partial charge in [0, 0.05) is 31.7 Å². The molecule has 0 saturated carbocycles. The number of sulfone groups is 1. The lowest BCUT2D eigenvalue weighted by Gasteiger charge is -2.34. The molecule has 1 fully saturated rings. The first-order valence-electron chi connectivity index (χ1n) is 7.90. The number of benzene rings is 1. The van der Waals surface area contributed by atoms with Crippen LogP contribution < -0.4 is 0 Å². The number of amides is 2. The highest BCUT2D eigenvalue weighted by Crippen LogP contribution is 2.26. The van der Waals surface area contributed by atoms with Crippen LogP contribution in [0.4, 0.5) is 4.79 Å². The van der Waals surface area contributed by atoms with Gasteiger partial charge in [0.15, 0.2) is 9.84 Å². The average Bonchev–Trinajstić information content (AvgIpc) is 2.60. The number of aryl methyl sites for hydroxylation is 1. The van der Waals surface area contributed by atoms with Crippen LogP contribution in [-0.4, -0.2) is 69.3 Å². The van der Waals surface area contributed by atoms with Gasteiger partial charge in [-0.05, 0) is 36.6 Å². The molecular formula is C16H20N2O5S. The highest BCUT2D eigenvalue weighted by atomic mass is 32.2. The highest BCUT2D eigenvalue weighted by Gasteiger charge is 2.28. The first kappa shape index (κ1) is 16.8. The van der Waals surface area contributed by atoms with Crippen LogP contribution in [0.5, 0.6) is 0 Å². The molecule has 1 saturated heterocycles. The lowest BCUT2D eigenvalue weighted by atomic mass is 10.1. The van der Waals surface area contributed by atoms with E-state index in [1.54, 1.807) is 28.0 Å². The molecule has 2 aliphatic heterocycles. The Labute approximate surface area is 141 Å². The zero-order valence-electron chi connectivity index (χ0n) is 13.5. The van der Waals surface area contributed by atoms with E-state index in [-0.39, 0.29) is 17.8 Å². The number of ether oxygens (including phenoxy) is 1. The van der Waals surface area contributed by atoms with Gasteiger partial charge in [0.2, 0.25) is 0 Å². The molecule has 1 aromatic rings. The van der Waals surface area contributed by atoms with Crippen molar-refractivity contribution in [2.24, 2.45) is 0 Å². The minimum absolute atomic E-state index is 0.134. The molecule has 2 amide bonds. The first-order chi connectivity index (χ1) is 11.4. The van der Waals surface area contributed by atoms with Gasteiger partial charge < -0.3 is 14.5 Å². The quantitative estimate of drug-likeness (QED) is 0.751. The third kappa shape index (κ3) is 3.10. The van der Waals surface area contributed by atoms with Crippen molar-refractivity contribution in [3.63, 3.8) is 0 Å². The predicted octanol–water partition coefficient (Wildman–Crippen LogP) is 0.931. The van der Waals surface area contributed by atoms with E-state index in [1.807, 2.05) is 0 Å². The maximum absolute atomic E-state index is 12.6. The zero-order chi connectivity index (χ0) is 17.3. The normalized spacial score (nSPS) is 19.5. The van der Waals surface area contributed by atoms with Gasteiger partial charge in [0.1, 0.15) is 0 Å². The maximum atomic E-state index is 12.6. The molecule has 7 nitrogen and oxygen atoms in total. The fourth-order valence-electron chi connectivity index (χ4n) is 3.18. The second kappa shape index (κ2) is 6.43. The summed E-state index contributed by atoms with van der Waals surface area (Å²) in [5, 5.41) is 0. The number of carbonyl (C=O) groups is 2. The Kier molecular flexibility index (Phi) is 4.49. The summed E-state index contributed by atoms with van der Waals surface area (Å²) < 4.78 is 28.8. The molecule has 3 rings (SSSR count). The minimum atomic E-state index is -3.21. The van der Waals surface area contributed by atoms with Gasteiger partial charge in [0.25, 0.3) is 5.91 Å². The van der Waals surface area contributed by atoms with Crippen molar-refractivity contribution in [3.8, 4) is 0 Å². The SMILES string of the molecule is COC(=O)N1CCN(C(=O)c2ccc3c(c2)CCCS3(=O)=O)CC1. The maximum Gasteiger partial charge on any atom is 0.409 e. The summed E-state index contributed by atoms with van der Waals surface area (Å²) in [6, 6.07) is 4.82. The highest BCUT2D eigenvalue weighted by molar-refractivity contribution is 7.91. The molecule has 0 unspecified atom stereocenters. The van der Waals surface area contributed by atoms with Gasteiger partial charge >= 0.3 is 6.09 Å². The molecule has 2 aliphatic rings. The molecule has 1 aromatic carbocycles. The largest absolute Gasteiger partial charge is 0.453 e. The smallest absolute Gasteiger partial charge is 0.409 e. The molecule has 8 heteroatoms. The van der Waals surface area contributed by atoms with Crippen LogP contribution in [0, 0.1) is 0 Å². The number of hydrogen-bond acceptors (Lipinski definition) is 5. The zero-order valence-corrected chi connectivity index (χ0v) is 14.3. The van der Waals surface area contributed by atoms with E-state index in [4.69, 9.17) is 0 Å². The number of fused-ring (bicyclic) bond motifs is 1. The molecule has 24 heavy (non-hydrogen) atoms. The van der Waals surface area contributed by atoms with Crippen LogP contribution >= 0.6 is 0 Å². The Hall–Kier alpha value is -2.09. The predicted molar refractivity (Wildman–Crippen MR) is 86.7 cm³/mol. The number of rotatable bonds is 1. The fraction of sp³-hybridized carbons (Fsp3) is 0.500. The van der Waals surface area contributed by atoms with Gasteiger partial charge in [-0.1, -0.05) is 0 Å². The van der Waals surface area contributed by atoms with Crippen LogP contribution in [0.25, 0.3) is 0 Å². The molecule has 0 atom stereocenters. The van der Waals surface area contributed by atoms with E-state index in [9.17, 15) is 18.0 Å². The summed E-state index contributed by atoms with van der Waals surface area (Å²) in [4.78, 5) is 27.7. The molecule has 0 N–H and O–H groups in total. The van der Waals surface area contributed by atoms with Crippen LogP contribution in [0.2, 0.25) is 0 Å².